The molecule has 4 heteroatoms. The normalized spacial score (nSPS) is 10.6. The minimum atomic E-state index is 0.573. The van der Waals surface area contributed by atoms with Crippen LogP contribution >= 0.6 is 0 Å². The zero-order valence-electron chi connectivity index (χ0n) is 7.44. The van der Waals surface area contributed by atoms with Crippen LogP contribution in [0.1, 0.15) is 0 Å². The summed E-state index contributed by atoms with van der Waals surface area (Å²) in [5, 5.41) is 12.0. The van der Waals surface area contributed by atoms with Gasteiger partial charge in [-0.2, -0.15) is 0 Å². The molecule has 0 saturated carbocycles. The molecule has 0 saturated heterocycles. The van der Waals surface area contributed by atoms with Gasteiger partial charge in [0.2, 0.25) is 0 Å². The third-order valence-electron chi connectivity index (χ3n) is 2.01. The lowest BCUT2D eigenvalue weighted by Crippen LogP contribution is -2.25. The average molecular weight is 177 g/mol. The minimum Gasteiger partial charge on any atom is -0.640 e. The molecule has 0 aliphatic rings. The van der Waals surface area contributed by atoms with E-state index in [0.717, 1.165) is 10.9 Å². The highest BCUT2D eigenvalue weighted by molar-refractivity contribution is 5.84. The van der Waals surface area contributed by atoms with Crippen molar-refractivity contribution in [1.82, 2.24) is 4.57 Å². The number of aryl methyl sites for hydroxylation is 1. The SMILES string of the molecule is COc1c[n+]([O-])[c-]c2c1ccn2C. The second-order valence-corrected chi connectivity index (χ2v) is 2.82. The third kappa shape index (κ3) is 1.11. The molecule has 0 N–H and O–H groups in total. The monoisotopic (exact) mass is 177 g/mol. The molecule has 0 amide bonds. The Morgan fingerprint density at radius 2 is 2.38 bits per heavy atom. The molecule has 0 radical (unpaired) electrons. The first kappa shape index (κ1) is 7.91. The van der Waals surface area contributed by atoms with Gasteiger partial charge in [-0.25, -0.2) is 0 Å². The highest BCUT2D eigenvalue weighted by Gasteiger charge is 2.00. The van der Waals surface area contributed by atoms with Crippen LogP contribution in [0.2, 0.25) is 0 Å². The fraction of sp³-hybridized carbons (Fsp3) is 0.222. The molecule has 2 rings (SSSR count). The zero-order chi connectivity index (χ0) is 9.42. The van der Waals surface area contributed by atoms with Crippen LogP contribution in [0, 0.1) is 11.4 Å². The van der Waals surface area contributed by atoms with Gasteiger partial charge < -0.3 is 14.5 Å². The second-order valence-electron chi connectivity index (χ2n) is 2.82. The Kier molecular flexibility index (Phi) is 1.62. The molecule has 0 bridgehead atoms. The van der Waals surface area contributed by atoms with E-state index in [9.17, 15) is 5.21 Å². The van der Waals surface area contributed by atoms with Crippen molar-refractivity contribution in [3.63, 3.8) is 0 Å². The number of hydrogen-bond acceptors (Lipinski definition) is 2. The number of fused-ring (bicyclic) bond motifs is 1. The van der Waals surface area contributed by atoms with Crippen molar-refractivity contribution in [2.45, 2.75) is 0 Å². The summed E-state index contributed by atoms with van der Waals surface area (Å²) >= 11 is 0. The number of ether oxygens (including phenoxy) is 1. The zero-order valence-corrected chi connectivity index (χ0v) is 7.44. The van der Waals surface area contributed by atoms with E-state index >= 15 is 0 Å². The number of methoxy groups -OCH3 is 1. The summed E-state index contributed by atoms with van der Waals surface area (Å²) in [6, 6.07) is 1.89. The van der Waals surface area contributed by atoms with Gasteiger partial charge in [0, 0.05) is 12.6 Å². The molecular weight excluding hydrogens is 168 g/mol. The van der Waals surface area contributed by atoms with E-state index in [0.29, 0.717) is 10.5 Å². The third-order valence-corrected chi connectivity index (χ3v) is 2.01. The summed E-state index contributed by atoms with van der Waals surface area (Å²) < 4.78 is 7.52. The maximum atomic E-state index is 11.1. The molecule has 0 aliphatic heterocycles. The molecule has 2 aromatic rings. The van der Waals surface area contributed by atoms with E-state index in [1.165, 1.54) is 6.20 Å². The molecule has 2 aromatic heterocycles. The van der Waals surface area contributed by atoms with E-state index in [2.05, 4.69) is 6.20 Å². The van der Waals surface area contributed by atoms with Crippen LogP contribution in [0.15, 0.2) is 18.5 Å². The summed E-state index contributed by atoms with van der Waals surface area (Å²) in [7, 11) is 3.40. The van der Waals surface area contributed by atoms with E-state index in [-0.39, 0.29) is 0 Å². The highest BCUT2D eigenvalue weighted by Crippen LogP contribution is 2.22. The molecule has 2 heterocycles. The maximum Gasteiger partial charge on any atom is 0.151 e. The molecule has 68 valence electrons. The number of aromatic nitrogens is 2. The van der Waals surface area contributed by atoms with E-state index < -0.39 is 0 Å². The number of hydrogen-bond donors (Lipinski definition) is 0. The second kappa shape index (κ2) is 2.65. The number of pyridine rings is 1. The summed E-state index contributed by atoms with van der Waals surface area (Å²) in [4.78, 5) is 0. The van der Waals surface area contributed by atoms with Crippen LogP contribution in [0.25, 0.3) is 10.9 Å². The lowest BCUT2D eigenvalue weighted by Gasteiger charge is -2.10. The van der Waals surface area contributed by atoms with Crippen LogP contribution in [0.4, 0.5) is 0 Å². The minimum absolute atomic E-state index is 0.573. The van der Waals surface area contributed by atoms with Crippen LogP contribution in [0.5, 0.6) is 5.75 Å². The van der Waals surface area contributed by atoms with Gasteiger partial charge in [0.1, 0.15) is 6.20 Å². The quantitative estimate of drug-likeness (QED) is 0.364. The van der Waals surface area contributed by atoms with Crippen molar-refractivity contribution in [3.8, 4) is 5.75 Å². The van der Waals surface area contributed by atoms with E-state index in [1.807, 2.05) is 23.9 Å². The smallest absolute Gasteiger partial charge is 0.151 e. The predicted molar refractivity (Wildman–Crippen MR) is 47.3 cm³/mol. The highest BCUT2D eigenvalue weighted by atomic mass is 16.5. The maximum absolute atomic E-state index is 11.1. The van der Waals surface area contributed by atoms with Crippen molar-refractivity contribution in [1.29, 1.82) is 0 Å². The van der Waals surface area contributed by atoms with E-state index in [4.69, 9.17) is 4.74 Å². The van der Waals surface area contributed by atoms with Gasteiger partial charge in [0.25, 0.3) is 0 Å². The van der Waals surface area contributed by atoms with Crippen molar-refractivity contribution >= 4 is 10.9 Å². The Bertz CT molecular complexity index is 448. The first-order chi connectivity index (χ1) is 6.22. The Morgan fingerprint density at radius 1 is 1.62 bits per heavy atom. The Morgan fingerprint density at radius 3 is 3.08 bits per heavy atom. The molecular formula is C9H9N2O2-. The van der Waals surface area contributed by atoms with Crippen molar-refractivity contribution < 1.29 is 9.47 Å². The molecule has 4 nitrogen and oxygen atoms in total. The molecule has 0 aromatic carbocycles. The van der Waals surface area contributed by atoms with Gasteiger partial charge in [0.15, 0.2) is 6.20 Å². The summed E-state index contributed by atoms with van der Waals surface area (Å²) in [6.45, 7) is 0. The van der Waals surface area contributed by atoms with Gasteiger partial charge in [0.05, 0.1) is 12.9 Å². The molecule has 0 fully saturated rings. The Hall–Kier alpha value is -1.71. The molecule has 0 atom stereocenters. The van der Waals surface area contributed by atoms with Crippen LogP contribution in [-0.4, -0.2) is 11.7 Å². The standard InChI is InChI=1S/C9H9N2O2/c1-10-4-3-7-8(10)5-11(12)6-9(7)13-2/h3-4,6H,1-2H3/q-1. The fourth-order valence-electron chi connectivity index (χ4n) is 1.34. The summed E-state index contributed by atoms with van der Waals surface area (Å²) in [5.74, 6) is 0.573. The summed E-state index contributed by atoms with van der Waals surface area (Å²) in [6.07, 6.45) is 5.88. The van der Waals surface area contributed by atoms with Gasteiger partial charge >= 0.3 is 0 Å². The Labute approximate surface area is 75.6 Å². The van der Waals surface area contributed by atoms with Gasteiger partial charge in [-0.1, -0.05) is 11.5 Å². The van der Waals surface area contributed by atoms with E-state index in [1.54, 1.807) is 7.11 Å². The predicted octanol–water partition coefficient (Wildman–Crippen LogP) is 0.620. The van der Waals surface area contributed by atoms with Crippen molar-refractivity contribution in [2.24, 2.45) is 7.05 Å². The topological polar surface area (TPSA) is 41.1 Å². The van der Waals surface area contributed by atoms with Gasteiger partial charge in [-0.3, -0.25) is 4.73 Å². The summed E-state index contributed by atoms with van der Waals surface area (Å²) in [5.41, 5.74) is 0.745. The molecule has 0 spiro atoms. The van der Waals surface area contributed by atoms with Gasteiger partial charge in [-0.15, -0.1) is 0 Å². The number of rotatable bonds is 1. The largest absolute Gasteiger partial charge is 0.640 e. The average Bonchev–Trinajstić information content (AvgIpc) is 2.47. The fourth-order valence-corrected chi connectivity index (χ4v) is 1.34. The number of nitrogens with zero attached hydrogens (tertiary/aromatic N) is 2. The molecule has 13 heavy (non-hydrogen) atoms. The lowest BCUT2D eigenvalue weighted by molar-refractivity contribution is -0.608. The molecule has 0 aliphatic carbocycles. The molecule has 0 unspecified atom stereocenters. The Balaban J connectivity index is 2.84. The first-order valence-electron chi connectivity index (χ1n) is 3.87. The first-order valence-corrected chi connectivity index (χ1v) is 3.87. The van der Waals surface area contributed by atoms with Crippen LogP contribution < -0.4 is 9.47 Å². The van der Waals surface area contributed by atoms with Crippen LogP contribution in [-0.2, 0) is 7.05 Å². The van der Waals surface area contributed by atoms with Crippen molar-refractivity contribution in [2.75, 3.05) is 7.11 Å². The lowest BCUT2D eigenvalue weighted by atomic mass is 10.3. The van der Waals surface area contributed by atoms with Crippen molar-refractivity contribution in [3.05, 3.63) is 29.9 Å². The van der Waals surface area contributed by atoms with Gasteiger partial charge in [-0.05, 0) is 6.20 Å². The van der Waals surface area contributed by atoms with Crippen LogP contribution in [0.3, 0.4) is 0 Å².